The molecule has 12 nitrogen and oxygen atoms in total. The number of aliphatic hydroxyl groups is 2. The molecule has 2 aliphatic heterocycles. The van der Waals surface area contributed by atoms with Gasteiger partial charge in [-0.1, -0.05) is 17.7 Å². The molecule has 3 aromatic rings. The minimum Gasteiger partial charge on any atom is -0.497 e. The van der Waals surface area contributed by atoms with Gasteiger partial charge in [0, 0.05) is 31.2 Å². The number of carbonyl (C=O) groups excluding carboxylic acids is 2. The molecule has 17 heteroatoms. The van der Waals surface area contributed by atoms with Crippen molar-refractivity contribution < 1.29 is 60.1 Å². The molecule has 49 heavy (non-hydrogen) atoms. The van der Waals surface area contributed by atoms with Gasteiger partial charge in [-0.25, -0.2) is 8.42 Å². The molecule has 0 aromatic heterocycles. The average Bonchev–Trinajstić information content (AvgIpc) is 3.50. The van der Waals surface area contributed by atoms with Crippen molar-refractivity contribution in [2.45, 2.75) is 41.8 Å². The number of fused-ring (bicyclic) bond motifs is 1. The first-order valence-electron chi connectivity index (χ1n) is 14.9. The van der Waals surface area contributed by atoms with Crippen LogP contribution in [0.25, 0.3) is 0 Å². The Labute approximate surface area is 285 Å². The number of rotatable bonds is 10. The highest BCUT2D eigenvalue weighted by Crippen LogP contribution is 2.58. The standard InChI is InChI=1S/C32H33ClF3N3O9S/c1-37-29(42)25-15-20(41)17-39(25,2)31(23-13-18(11-12-40)5-9-26(23)47-4)22-14-19(33)6-8-24(22)38(30(31)43)49(44,45)28-10-7-21(46-3)16-27(28)48-32(34,35)36/h5-10,13-14,16,20,25,40-41H,11-12,15,17H2,1-4H3/p+1/t20-,25+,31?,39?/m1/s1. The van der Waals surface area contributed by atoms with Gasteiger partial charge in [0.1, 0.15) is 29.0 Å². The third-order valence-corrected chi connectivity index (χ3v) is 11.1. The summed E-state index contributed by atoms with van der Waals surface area (Å²) in [6, 6.07) is 10.1. The van der Waals surface area contributed by atoms with E-state index >= 15 is 4.79 Å². The van der Waals surface area contributed by atoms with E-state index in [1.807, 2.05) is 0 Å². The number of halogens is 4. The quantitative estimate of drug-likeness (QED) is 0.268. The molecule has 1 saturated heterocycles. The number of amides is 2. The number of hydrogen-bond acceptors (Lipinski definition) is 9. The van der Waals surface area contributed by atoms with Crippen molar-refractivity contribution in [1.29, 1.82) is 0 Å². The van der Waals surface area contributed by atoms with Gasteiger partial charge < -0.3 is 29.7 Å². The number of anilines is 1. The summed E-state index contributed by atoms with van der Waals surface area (Å²) in [5.74, 6) is -2.99. The molecule has 2 heterocycles. The fraction of sp³-hybridized carbons (Fsp3) is 0.375. The van der Waals surface area contributed by atoms with Crippen LogP contribution in [0.5, 0.6) is 17.2 Å². The number of nitrogens with zero attached hydrogens (tertiary/aromatic N) is 2. The Balaban J connectivity index is 1.92. The molecule has 3 aromatic carbocycles. The van der Waals surface area contributed by atoms with Gasteiger partial charge in [0.15, 0.2) is 11.8 Å². The van der Waals surface area contributed by atoms with Gasteiger partial charge in [-0.2, -0.15) is 4.31 Å². The summed E-state index contributed by atoms with van der Waals surface area (Å²) in [6.45, 7) is -0.539. The van der Waals surface area contributed by atoms with Gasteiger partial charge in [0.2, 0.25) is 5.54 Å². The molecule has 2 amide bonds. The first-order valence-corrected chi connectivity index (χ1v) is 16.7. The summed E-state index contributed by atoms with van der Waals surface area (Å²) in [6.07, 6.45) is -6.49. The van der Waals surface area contributed by atoms with Crippen molar-refractivity contribution in [3.05, 3.63) is 76.3 Å². The monoisotopic (exact) mass is 728 g/mol. The van der Waals surface area contributed by atoms with E-state index in [9.17, 15) is 36.6 Å². The van der Waals surface area contributed by atoms with Gasteiger partial charge in [0.25, 0.3) is 15.9 Å². The van der Waals surface area contributed by atoms with Crippen LogP contribution >= 0.6 is 11.6 Å². The van der Waals surface area contributed by atoms with E-state index in [0.29, 0.717) is 9.87 Å². The molecule has 2 unspecified atom stereocenters. The summed E-state index contributed by atoms with van der Waals surface area (Å²) in [4.78, 5) is 28.0. The van der Waals surface area contributed by atoms with Crippen LogP contribution < -0.4 is 23.8 Å². The van der Waals surface area contributed by atoms with Gasteiger partial charge in [0.05, 0.1) is 38.1 Å². The topological polar surface area (TPSA) is 152 Å². The molecule has 264 valence electrons. The maximum Gasteiger partial charge on any atom is 0.573 e. The summed E-state index contributed by atoms with van der Waals surface area (Å²) >= 11 is 6.52. The Bertz CT molecular complexity index is 1910. The Morgan fingerprint density at radius 2 is 1.80 bits per heavy atom. The fourth-order valence-electron chi connectivity index (χ4n) is 7.10. The lowest BCUT2D eigenvalue weighted by molar-refractivity contribution is -0.953. The van der Waals surface area contributed by atoms with E-state index in [1.165, 1.54) is 51.5 Å². The molecular formula is C32H34ClF3N3O9S+. The van der Waals surface area contributed by atoms with Crippen LogP contribution in [-0.2, 0) is 31.6 Å². The van der Waals surface area contributed by atoms with Crippen molar-refractivity contribution in [2.24, 2.45) is 0 Å². The molecule has 0 spiro atoms. The zero-order valence-corrected chi connectivity index (χ0v) is 28.3. The zero-order valence-electron chi connectivity index (χ0n) is 26.7. The highest BCUT2D eigenvalue weighted by molar-refractivity contribution is 7.93. The van der Waals surface area contributed by atoms with Gasteiger partial charge in [-0.05, 0) is 54.4 Å². The van der Waals surface area contributed by atoms with Crippen molar-refractivity contribution >= 4 is 39.1 Å². The smallest absolute Gasteiger partial charge is 0.497 e. The molecule has 3 N–H and O–H groups in total. The maximum atomic E-state index is 15.5. The SMILES string of the molecule is CNC(=O)[C@@H]1C[C@@H](O)C[N+]1(C)C1(c2cc(CCO)ccc2OC)C(=O)N(S(=O)(=O)c2ccc(OC)cc2OC(F)(F)F)c2ccc(Cl)cc21. The van der Waals surface area contributed by atoms with E-state index in [1.54, 1.807) is 6.07 Å². The van der Waals surface area contributed by atoms with E-state index in [-0.39, 0.29) is 59.3 Å². The van der Waals surface area contributed by atoms with E-state index in [4.69, 9.17) is 21.1 Å². The number of methoxy groups -OCH3 is 2. The van der Waals surface area contributed by atoms with E-state index in [2.05, 4.69) is 10.1 Å². The largest absolute Gasteiger partial charge is 0.573 e. The van der Waals surface area contributed by atoms with E-state index in [0.717, 1.165) is 25.3 Å². The Kier molecular flexibility index (Phi) is 9.59. The highest BCUT2D eigenvalue weighted by Gasteiger charge is 2.72. The molecule has 4 atom stereocenters. The van der Waals surface area contributed by atoms with Crippen LogP contribution in [0.1, 0.15) is 23.1 Å². The Morgan fingerprint density at radius 3 is 2.41 bits per heavy atom. The van der Waals surface area contributed by atoms with Crippen LogP contribution in [0.2, 0.25) is 5.02 Å². The highest BCUT2D eigenvalue weighted by atomic mass is 35.5. The van der Waals surface area contributed by atoms with Crippen molar-refractivity contribution in [1.82, 2.24) is 5.32 Å². The first kappa shape index (κ1) is 36.2. The minimum absolute atomic E-state index is 0.0228. The normalized spacial score (nSPS) is 23.7. The number of benzene rings is 3. The molecule has 2 aliphatic rings. The van der Waals surface area contributed by atoms with Crippen LogP contribution in [-0.4, -0.2) is 94.9 Å². The molecule has 1 fully saturated rings. The summed E-state index contributed by atoms with van der Waals surface area (Å²) in [5, 5.41) is 23.5. The number of sulfonamides is 1. The van der Waals surface area contributed by atoms with Gasteiger partial charge >= 0.3 is 12.3 Å². The van der Waals surface area contributed by atoms with Crippen LogP contribution in [0.15, 0.2) is 59.5 Å². The molecule has 0 saturated carbocycles. The van der Waals surface area contributed by atoms with E-state index < -0.39 is 61.0 Å². The number of alkyl halides is 3. The fourth-order valence-corrected chi connectivity index (χ4v) is 8.83. The Morgan fingerprint density at radius 1 is 1.08 bits per heavy atom. The lowest BCUT2D eigenvalue weighted by Gasteiger charge is -2.48. The zero-order chi connectivity index (χ0) is 36.1. The van der Waals surface area contributed by atoms with Gasteiger partial charge in [-0.15, -0.1) is 13.2 Å². The third kappa shape index (κ3) is 5.84. The predicted molar refractivity (Wildman–Crippen MR) is 170 cm³/mol. The molecule has 0 bridgehead atoms. The average molecular weight is 729 g/mol. The number of quaternary nitrogens is 1. The van der Waals surface area contributed by atoms with Crippen molar-refractivity contribution in [3.8, 4) is 17.2 Å². The van der Waals surface area contributed by atoms with Crippen LogP contribution in [0, 0.1) is 0 Å². The molecule has 0 aliphatic carbocycles. The maximum absolute atomic E-state index is 15.5. The second-order valence-corrected chi connectivity index (χ2v) is 14.0. The number of ether oxygens (including phenoxy) is 3. The summed E-state index contributed by atoms with van der Waals surface area (Å²) in [7, 11) is 0.0954. The van der Waals surface area contributed by atoms with Crippen molar-refractivity contribution in [2.75, 3.05) is 45.8 Å². The Hall–Kier alpha value is -4.09. The number of likely N-dealkylation sites (N-methyl/N-ethyl adjacent to an activating group) is 2. The lowest BCUT2D eigenvalue weighted by Crippen LogP contribution is -2.69. The number of likely N-dealkylation sites (tertiary alicyclic amines) is 1. The molecule has 5 rings (SSSR count). The lowest BCUT2D eigenvalue weighted by atomic mass is 9.78. The number of aliphatic hydroxyl groups excluding tert-OH is 2. The number of nitrogens with one attached hydrogen (secondary N) is 1. The second kappa shape index (κ2) is 13.0. The molecule has 0 radical (unpaired) electrons. The van der Waals surface area contributed by atoms with Crippen molar-refractivity contribution in [3.63, 3.8) is 0 Å². The van der Waals surface area contributed by atoms with Crippen LogP contribution in [0.3, 0.4) is 0 Å². The molecular weight excluding hydrogens is 695 g/mol. The number of hydrogen-bond donors (Lipinski definition) is 3. The summed E-state index contributed by atoms with van der Waals surface area (Å²) < 4.78 is 84.8. The number of carbonyl (C=O) groups is 2. The first-order chi connectivity index (χ1) is 23.0. The van der Waals surface area contributed by atoms with Crippen LogP contribution in [0.4, 0.5) is 18.9 Å². The second-order valence-electron chi connectivity index (χ2n) is 11.8. The predicted octanol–water partition coefficient (Wildman–Crippen LogP) is 3.10. The third-order valence-electron chi connectivity index (χ3n) is 9.10. The summed E-state index contributed by atoms with van der Waals surface area (Å²) in [5.41, 5.74) is -1.94. The minimum atomic E-state index is -5.33. The van der Waals surface area contributed by atoms with Gasteiger partial charge in [-0.3, -0.25) is 14.1 Å².